The number of carboxylic acid groups (broad SMARTS) is 1. The van der Waals surface area contributed by atoms with E-state index >= 15 is 0 Å². The van der Waals surface area contributed by atoms with Crippen molar-refractivity contribution in [2.75, 3.05) is 19.6 Å². The zero-order valence-corrected chi connectivity index (χ0v) is 9.95. The standard InChI is InChI=1S/C11H20N2O3/c1-3-12-9(14)5-8-13-7-4-6-11(13,2)10(15)16/h3-8H2,1-2H3,(H,12,14)(H,15,16). The predicted molar refractivity (Wildman–Crippen MR) is 60.1 cm³/mol. The highest BCUT2D eigenvalue weighted by atomic mass is 16.4. The van der Waals surface area contributed by atoms with E-state index in [1.807, 2.05) is 11.8 Å². The number of carboxylic acids is 1. The number of nitrogens with zero attached hydrogens (tertiary/aromatic N) is 1. The van der Waals surface area contributed by atoms with Crippen LogP contribution in [0.5, 0.6) is 0 Å². The van der Waals surface area contributed by atoms with Crippen LogP contribution in [-0.4, -0.2) is 47.1 Å². The second-order valence-electron chi connectivity index (χ2n) is 4.37. The summed E-state index contributed by atoms with van der Waals surface area (Å²) in [5.41, 5.74) is -0.785. The van der Waals surface area contributed by atoms with Gasteiger partial charge in [-0.15, -0.1) is 0 Å². The first kappa shape index (κ1) is 13.0. The fraction of sp³-hybridized carbons (Fsp3) is 0.818. The lowest BCUT2D eigenvalue weighted by atomic mass is 9.99. The van der Waals surface area contributed by atoms with Crippen molar-refractivity contribution in [3.8, 4) is 0 Å². The quantitative estimate of drug-likeness (QED) is 0.717. The first-order valence-electron chi connectivity index (χ1n) is 5.76. The van der Waals surface area contributed by atoms with Crippen LogP contribution in [0.1, 0.15) is 33.1 Å². The molecule has 16 heavy (non-hydrogen) atoms. The number of hydrogen-bond donors (Lipinski definition) is 2. The van der Waals surface area contributed by atoms with Crippen molar-refractivity contribution >= 4 is 11.9 Å². The molecular formula is C11H20N2O3. The number of carbonyl (C=O) groups is 2. The maximum Gasteiger partial charge on any atom is 0.323 e. The molecule has 2 N–H and O–H groups in total. The second-order valence-corrected chi connectivity index (χ2v) is 4.37. The molecule has 5 heteroatoms. The van der Waals surface area contributed by atoms with Crippen LogP contribution in [0, 0.1) is 0 Å². The summed E-state index contributed by atoms with van der Waals surface area (Å²) in [6.45, 7) is 5.51. The van der Waals surface area contributed by atoms with Crippen LogP contribution in [0.2, 0.25) is 0 Å². The average Bonchev–Trinajstić information content (AvgIpc) is 2.59. The lowest BCUT2D eigenvalue weighted by Crippen LogP contribution is -2.48. The summed E-state index contributed by atoms with van der Waals surface area (Å²) in [6.07, 6.45) is 1.92. The lowest BCUT2D eigenvalue weighted by molar-refractivity contribution is -0.149. The van der Waals surface area contributed by atoms with E-state index in [0.717, 1.165) is 13.0 Å². The van der Waals surface area contributed by atoms with E-state index in [-0.39, 0.29) is 5.91 Å². The molecular weight excluding hydrogens is 208 g/mol. The summed E-state index contributed by atoms with van der Waals surface area (Å²) >= 11 is 0. The van der Waals surface area contributed by atoms with E-state index in [1.54, 1.807) is 6.92 Å². The Morgan fingerprint density at radius 3 is 2.75 bits per heavy atom. The van der Waals surface area contributed by atoms with Gasteiger partial charge in [-0.05, 0) is 33.2 Å². The van der Waals surface area contributed by atoms with Crippen LogP contribution in [0.25, 0.3) is 0 Å². The van der Waals surface area contributed by atoms with Gasteiger partial charge in [-0.1, -0.05) is 0 Å². The number of aliphatic carboxylic acids is 1. The summed E-state index contributed by atoms with van der Waals surface area (Å²) < 4.78 is 0. The first-order chi connectivity index (χ1) is 7.50. The van der Waals surface area contributed by atoms with Gasteiger partial charge in [0, 0.05) is 19.5 Å². The van der Waals surface area contributed by atoms with Gasteiger partial charge in [0.2, 0.25) is 5.91 Å². The van der Waals surface area contributed by atoms with Crippen molar-refractivity contribution in [3.63, 3.8) is 0 Å². The van der Waals surface area contributed by atoms with Crippen LogP contribution in [0.15, 0.2) is 0 Å². The summed E-state index contributed by atoms with van der Waals surface area (Å²) in [5.74, 6) is -0.803. The first-order valence-corrected chi connectivity index (χ1v) is 5.76. The second kappa shape index (κ2) is 5.30. The van der Waals surface area contributed by atoms with E-state index in [9.17, 15) is 9.59 Å². The molecule has 92 valence electrons. The molecule has 1 aliphatic rings. The van der Waals surface area contributed by atoms with Gasteiger partial charge in [0.1, 0.15) is 5.54 Å². The van der Waals surface area contributed by atoms with Crippen LogP contribution in [0.4, 0.5) is 0 Å². The molecule has 1 heterocycles. The molecule has 1 rings (SSSR count). The van der Waals surface area contributed by atoms with Crippen molar-refractivity contribution < 1.29 is 14.7 Å². The molecule has 0 aromatic carbocycles. The zero-order valence-electron chi connectivity index (χ0n) is 9.95. The van der Waals surface area contributed by atoms with E-state index in [1.165, 1.54) is 0 Å². The smallest absolute Gasteiger partial charge is 0.323 e. The van der Waals surface area contributed by atoms with Gasteiger partial charge in [0.15, 0.2) is 0 Å². The van der Waals surface area contributed by atoms with Crippen molar-refractivity contribution in [1.82, 2.24) is 10.2 Å². The summed E-state index contributed by atoms with van der Waals surface area (Å²) in [7, 11) is 0. The number of amides is 1. The number of likely N-dealkylation sites (tertiary alicyclic amines) is 1. The Balaban J connectivity index is 2.47. The fourth-order valence-corrected chi connectivity index (χ4v) is 2.14. The van der Waals surface area contributed by atoms with E-state index in [2.05, 4.69) is 5.32 Å². The Hall–Kier alpha value is -1.10. The Labute approximate surface area is 95.8 Å². The lowest BCUT2D eigenvalue weighted by Gasteiger charge is -2.30. The highest BCUT2D eigenvalue weighted by Crippen LogP contribution is 2.29. The van der Waals surface area contributed by atoms with Gasteiger partial charge in [0.05, 0.1) is 0 Å². The SMILES string of the molecule is CCNC(=O)CCN1CCCC1(C)C(=O)O. The molecule has 1 saturated heterocycles. The summed E-state index contributed by atoms with van der Waals surface area (Å²) in [4.78, 5) is 24.4. The van der Waals surface area contributed by atoms with E-state index in [4.69, 9.17) is 5.11 Å². The third-order valence-corrected chi connectivity index (χ3v) is 3.23. The Kier molecular flexibility index (Phi) is 4.29. The normalized spacial score (nSPS) is 25.6. The number of rotatable bonds is 5. The minimum atomic E-state index is -0.791. The van der Waals surface area contributed by atoms with Gasteiger partial charge in [-0.3, -0.25) is 14.5 Å². The Morgan fingerprint density at radius 2 is 2.19 bits per heavy atom. The number of hydrogen-bond acceptors (Lipinski definition) is 3. The van der Waals surface area contributed by atoms with E-state index < -0.39 is 11.5 Å². The molecule has 0 radical (unpaired) electrons. The maximum atomic E-state index is 11.3. The van der Waals surface area contributed by atoms with Crippen molar-refractivity contribution in [1.29, 1.82) is 0 Å². The fourth-order valence-electron chi connectivity index (χ4n) is 2.14. The Bertz CT molecular complexity index is 280. The maximum absolute atomic E-state index is 11.3. The molecule has 1 amide bonds. The van der Waals surface area contributed by atoms with Crippen LogP contribution < -0.4 is 5.32 Å². The van der Waals surface area contributed by atoms with Gasteiger partial charge < -0.3 is 10.4 Å². The van der Waals surface area contributed by atoms with E-state index in [0.29, 0.717) is 25.9 Å². The molecule has 0 bridgehead atoms. The molecule has 1 unspecified atom stereocenters. The Morgan fingerprint density at radius 1 is 1.50 bits per heavy atom. The topological polar surface area (TPSA) is 69.6 Å². The molecule has 1 aliphatic heterocycles. The highest BCUT2D eigenvalue weighted by molar-refractivity contribution is 5.79. The molecule has 0 saturated carbocycles. The molecule has 0 aliphatic carbocycles. The molecule has 5 nitrogen and oxygen atoms in total. The molecule has 0 spiro atoms. The number of carbonyl (C=O) groups excluding carboxylic acids is 1. The number of nitrogens with one attached hydrogen (secondary N) is 1. The van der Waals surface area contributed by atoms with Gasteiger partial charge >= 0.3 is 5.97 Å². The van der Waals surface area contributed by atoms with Crippen LogP contribution in [-0.2, 0) is 9.59 Å². The van der Waals surface area contributed by atoms with Crippen LogP contribution >= 0.6 is 0 Å². The molecule has 0 aromatic heterocycles. The monoisotopic (exact) mass is 228 g/mol. The van der Waals surface area contributed by atoms with Crippen LogP contribution in [0.3, 0.4) is 0 Å². The summed E-state index contributed by atoms with van der Waals surface area (Å²) in [6, 6.07) is 0. The zero-order chi connectivity index (χ0) is 12.2. The highest BCUT2D eigenvalue weighted by Gasteiger charge is 2.42. The minimum absolute atomic E-state index is 0.0119. The summed E-state index contributed by atoms with van der Waals surface area (Å²) in [5, 5.41) is 11.9. The third-order valence-electron chi connectivity index (χ3n) is 3.23. The minimum Gasteiger partial charge on any atom is -0.480 e. The molecule has 1 atom stereocenters. The average molecular weight is 228 g/mol. The van der Waals surface area contributed by atoms with Crippen molar-refractivity contribution in [3.05, 3.63) is 0 Å². The molecule has 1 fully saturated rings. The third kappa shape index (κ3) is 2.72. The largest absolute Gasteiger partial charge is 0.480 e. The van der Waals surface area contributed by atoms with Gasteiger partial charge in [-0.25, -0.2) is 0 Å². The molecule has 0 aromatic rings. The van der Waals surface area contributed by atoms with Gasteiger partial charge in [0.25, 0.3) is 0 Å². The van der Waals surface area contributed by atoms with Crippen molar-refractivity contribution in [2.24, 2.45) is 0 Å². The van der Waals surface area contributed by atoms with Crippen molar-refractivity contribution in [2.45, 2.75) is 38.6 Å². The van der Waals surface area contributed by atoms with Gasteiger partial charge in [-0.2, -0.15) is 0 Å². The predicted octanol–water partition coefficient (Wildman–Crippen LogP) is 0.452.